The van der Waals surface area contributed by atoms with Gasteiger partial charge in [0.2, 0.25) is 5.91 Å². The van der Waals surface area contributed by atoms with E-state index in [1.165, 1.54) is 6.08 Å². The van der Waals surface area contributed by atoms with Gasteiger partial charge < -0.3 is 10.1 Å². The zero-order chi connectivity index (χ0) is 14.7. The van der Waals surface area contributed by atoms with E-state index < -0.39 is 0 Å². The molecule has 0 saturated carbocycles. The summed E-state index contributed by atoms with van der Waals surface area (Å²) in [5.74, 6) is -0.153. The molecule has 19 heavy (non-hydrogen) atoms. The van der Waals surface area contributed by atoms with Crippen LogP contribution in [0.15, 0.2) is 12.7 Å². The Morgan fingerprint density at radius 2 is 1.95 bits per heavy atom. The highest BCUT2D eigenvalue weighted by Crippen LogP contribution is 2.41. The Morgan fingerprint density at radius 1 is 1.42 bits per heavy atom. The van der Waals surface area contributed by atoms with Gasteiger partial charge in [-0.15, -0.1) is 0 Å². The lowest BCUT2D eigenvalue weighted by atomic mass is 9.81. The van der Waals surface area contributed by atoms with Gasteiger partial charge in [-0.05, 0) is 46.6 Å². The number of amides is 1. The van der Waals surface area contributed by atoms with Crippen molar-refractivity contribution in [3.05, 3.63) is 12.7 Å². The number of piperidine rings is 1. The summed E-state index contributed by atoms with van der Waals surface area (Å²) < 4.78 is 8.14. The zero-order valence-electron chi connectivity index (χ0n) is 12.3. The number of hydrogen-bond acceptors (Lipinski definition) is 3. The van der Waals surface area contributed by atoms with Gasteiger partial charge in [-0.2, -0.15) is 0 Å². The Kier molecular flexibility index (Phi) is 5.59. The van der Waals surface area contributed by atoms with Crippen LogP contribution in [0.5, 0.6) is 0 Å². The fourth-order valence-corrected chi connectivity index (χ4v) is 3.05. The van der Waals surface area contributed by atoms with Gasteiger partial charge in [-0.25, -0.2) is 3.93 Å². The first-order valence-corrected chi connectivity index (χ1v) is 7.38. The Bertz CT molecular complexity index is 324. The van der Waals surface area contributed by atoms with Crippen molar-refractivity contribution >= 4 is 22.1 Å². The number of nitrogens with zero attached hydrogens (tertiary/aromatic N) is 1. The molecule has 0 aromatic rings. The Morgan fingerprint density at radius 3 is 2.42 bits per heavy atom. The molecule has 1 amide bonds. The molecule has 110 valence electrons. The average Bonchev–Trinajstić information content (AvgIpc) is 2.30. The standard InChI is InChI=1S/C14H25BrN2O2/c1-6-12(18)16-7-8-19-11-9-13(2,3)17(15)14(4,5)10-11/h6,11H,1,7-10H2,2-5H3,(H,16,18). The predicted octanol–water partition coefficient (Wildman–Crippen LogP) is 2.64. The number of carbonyl (C=O) groups is 1. The third kappa shape index (κ3) is 4.58. The highest BCUT2D eigenvalue weighted by Gasteiger charge is 2.44. The molecular formula is C14H25BrN2O2. The second-order valence-corrected chi connectivity index (χ2v) is 7.01. The van der Waals surface area contributed by atoms with Crippen molar-refractivity contribution in [2.24, 2.45) is 0 Å². The Labute approximate surface area is 124 Å². The summed E-state index contributed by atoms with van der Waals surface area (Å²) in [7, 11) is 0. The molecule has 0 aliphatic carbocycles. The van der Waals surface area contributed by atoms with Crippen LogP contribution in [0.4, 0.5) is 0 Å². The van der Waals surface area contributed by atoms with Crippen molar-refractivity contribution in [2.75, 3.05) is 13.2 Å². The van der Waals surface area contributed by atoms with E-state index in [9.17, 15) is 4.79 Å². The molecule has 5 heteroatoms. The van der Waals surface area contributed by atoms with Crippen molar-refractivity contribution in [3.8, 4) is 0 Å². The molecule has 1 aliphatic rings. The first kappa shape index (κ1) is 16.7. The minimum Gasteiger partial charge on any atom is -0.376 e. The summed E-state index contributed by atoms with van der Waals surface area (Å²) in [5.41, 5.74) is 0.105. The lowest BCUT2D eigenvalue weighted by Gasteiger charge is -2.51. The molecule has 1 N–H and O–H groups in total. The lowest BCUT2D eigenvalue weighted by Crippen LogP contribution is -2.57. The first-order chi connectivity index (χ1) is 8.69. The largest absolute Gasteiger partial charge is 0.376 e. The van der Waals surface area contributed by atoms with Gasteiger partial charge in [0, 0.05) is 33.8 Å². The van der Waals surface area contributed by atoms with E-state index in [4.69, 9.17) is 4.74 Å². The van der Waals surface area contributed by atoms with Crippen LogP contribution in [0.1, 0.15) is 40.5 Å². The molecule has 4 nitrogen and oxygen atoms in total. The smallest absolute Gasteiger partial charge is 0.243 e. The molecular weight excluding hydrogens is 308 g/mol. The van der Waals surface area contributed by atoms with Crippen LogP contribution in [0.3, 0.4) is 0 Å². The van der Waals surface area contributed by atoms with Crippen molar-refractivity contribution in [1.82, 2.24) is 9.24 Å². The van der Waals surface area contributed by atoms with Crippen LogP contribution in [0.25, 0.3) is 0 Å². The van der Waals surface area contributed by atoms with Gasteiger partial charge in [0.15, 0.2) is 0 Å². The van der Waals surface area contributed by atoms with E-state index in [-0.39, 0.29) is 23.1 Å². The molecule has 0 unspecified atom stereocenters. The quantitative estimate of drug-likeness (QED) is 0.478. The highest BCUT2D eigenvalue weighted by molar-refractivity contribution is 9.07. The van der Waals surface area contributed by atoms with Crippen LogP contribution in [-0.2, 0) is 9.53 Å². The SMILES string of the molecule is C=CC(=O)NCCOC1CC(C)(C)N(Br)C(C)(C)C1. The number of rotatable bonds is 5. The third-order valence-corrected chi connectivity index (χ3v) is 5.38. The normalized spacial score (nSPS) is 23.0. The summed E-state index contributed by atoms with van der Waals surface area (Å²) in [5, 5.41) is 2.72. The maximum absolute atomic E-state index is 11.0. The molecule has 0 bridgehead atoms. The summed E-state index contributed by atoms with van der Waals surface area (Å²) >= 11 is 3.68. The predicted molar refractivity (Wildman–Crippen MR) is 81.1 cm³/mol. The van der Waals surface area contributed by atoms with Crippen LogP contribution in [0.2, 0.25) is 0 Å². The fourth-order valence-electron chi connectivity index (χ4n) is 2.76. The summed E-state index contributed by atoms with van der Waals surface area (Å²) in [6.07, 6.45) is 3.43. The topological polar surface area (TPSA) is 41.6 Å². The maximum Gasteiger partial charge on any atom is 0.243 e. The monoisotopic (exact) mass is 332 g/mol. The van der Waals surface area contributed by atoms with E-state index in [1.807, 2.05) is 0 Å². The molecule has 0 aromatic heterocycles. The highest BCUT2D eigenvalue weighted by atomic mass is 79.9. The third-order valence-electron chi connectivity index (χ3n) is 3.46. The molecule has 0 spiro atoms. The van der Waals surface area contributed by atoms with Crippen molar-refractivity contribution in [1.29, 1.82) is 0 Å². The lowest BCUT2D eigenvalue weighted by molar-refractivity contribution is -0.117. The van der Waals surface area contributed by atoms with Gasteiger partial charge in [0.1, 0.15) is 0 Å². The van der Waals surface area contributed by atoms with Gasteiger partial charge in [-0.1, -0.05) is 6.58 Å². The van der Waals surface area contributed by atoms with Gasteiger partial charge in [0.05, 0.1) is 12.7 Å². The molecule has 1 fully saturated rings. The zero-order valence-corrected chi connectivity index (χ0v) is 13.9. The van der Waals surface area contributed by atoms with Crippen LogP contribution in [0, 0.1) is 0 Å². The van der Waals surface area contributed by atoms with Gasteiger partial charge in [0.25, 0.3) is 0 Å². The van der Waals surface area contributed by atoms with E-state index in [1.54, 1.807) is 0 Å². The first-order valence-electron chi connectivity index (χ1n) is 6.67. The van der Waals surface area contributed by atoms with Crippen molar-refractivity contribution in [2.45, 2.75) is 57.7 Å². The Hall–Kier alpha value is -0.390. The van der Waals surface area contributed by atoms with Crippen LogP contribution in [-0.4, -0.2) is 40.2 Å². The number of nitrogens with one attached hydrogen (secondary N) is 1. The van der Waals surface area contributed by atoms with E-state index in [0.29, 0.717) is 13.2 Å². The summed E-state index contributed by atoms with van der Waals surface area (Å²) in [4.78, 5) is 11.0. The second-order valence-electron chi connectivity index (χ2n) is 6.30. The Balaban J connectivity index is 2.43. The van der Waals surface area contributed by atoms with Gasteiger partial charge in [-0.3, -0.25) is 4.79 Å². The molecule has 1 saturated heterocycles. The molecule has 1 heterocycles. The van der Waals surface area contributed by atoms with Crippen molar-refractivity contribution in [3.63, 3.8) is 0 Å². The number of carbonyl (C=O) groups excluding carboxylic acids is 1. The molecule has 0 radical (unpaired) electrons. The maximum atomic E-state index is 11.0. The minimum absolute atomic E-state index is 0.0524. The second kappa shape index (κ2) is 6.37. The number of ether oxygens (including phenoxy) is 1. The van der Waals surface area contributed by atoms with Gasteiger partial charge >= 0.3 is 0 Å². The number of hydrogen-bond donors (Lipinski definition) is 1. The van der Waals surface area contributed by atoms with Crippen molar-refractivity contribution < 1.29 is 9.53 Å². The minimum atomic E-state index is -0.153. The van der Waals surface area contributed by atoms with Crippen LogP contribution < -0.4 is 5.32 Å². The summed E-state index contributed by atoms with van der Waals surface area (Å²) in [6, 6.07) is 0. The molecule has 1 rings (SSSR count). The molecule has 0 atom stereocenters. The van der Waals surface area contributed by atoms with E-state index in [0.717, 1.165) is 12.8 Å². The molecule has 0 aromatic carbocycles. The van der Waals surface area contributed by atoms with E-state index in [2.05, 4.69) is 59.7 Å². The average molecular weight is 333 g/mol. The molecule has 1 aliphatic heterocycles. The van der Waals surface area contributed by atoms with Crippen LogP contribution >= 0.6 is 16.1 Å². The summed E-state index contributed by atoms with van der Waals surface area (Å²) in [6.45, 7) is 13.3. The number of halogens is 1. The van der Waals surface area contributed by atoms with E-state index >= 15 is 0 Å². The fraction of sp³-hybridized carbons (Fsp3) is 0.786.